The molecule has 3 rings (SSSR count). The predicted octanol–water partition coefficient (Wildman–Crippen LogP) is 3.37. The molecule has 0 unspecified atom stereocenters. The number of nitrogens with one attached hydrogen (secondary N) is 1. The molecule has 1 aliphatic rings. The Morgan fingerprint density at radius 2 is 1.80 bits per heavy atom. The highest BCUT2D eigenvalue weighted by molar-refractivity contribution is 7.89. The minimum Gasteiger partial charge on any atom is -0.495 e. The van der Waals surface area contributed by atoms with Gasteiger partial charge in [0.25, 0.3) is 5.91 Å². The van der Waals surface area contributed by atoms with Crippen molar-refractivity contribution in [2.75, 3.05) is 26.7 Å². The van der Waals surface area contributed by atoms with Gasteiger partial charge < -0.3 is 10.1 Å². The van der Waals surface area contributed by atoms with E-state index in [9.17, 15) is 17.6 Å². The summed E-state index contributed by atoms with van der Waals surface area (Å²) in [6.07, 6.45) is 3.99. The van der Waals surface area contributed by atoms with E-state index in [1.807, 2.05) is 0 Å². The van der Waals surface area contributed by atoms with Crippen LogP contribution in [0.4, 0.5) is 4.39 Å². The molecule has 1 N–H and O–H groups in total. The molecule has 2 aromatic carbocycles. The molecule has 1 fully saturated rings. The molecule has 30 heavy (non-hydrogen) atoms. The van der Waals surface area contributed by atoms with E-state index >= 15 is 0 Å². The van der Waals surface area contributed by atoms with Crippen molar-refractivity contribution in [3.8, 4) is 5.75 Å². The highest BCUT2D eigenvalue weighted by Gasteiger charge is 2.29. The van der Waals surface area contributed by atoms with Crippen molar-refractivity contribution in [2.45, 2.75) is 37.0 Å². The molecule has 0 aliphatic carbocycles. The monoisotopic (exact) mass is 434 g/mol. The summed E-state index contributed by atoms with van der Waals surface area (Å²) in [6, 6.07) is 10.8. The predicted molar refractivity (Wildman–Crippen MR) is 113 cm³/mol. The van der Waals surface area contributed by atoms with Gasteiger partial charge in [-0.05, 0) is 49.1 Å². The summed E-state index contributed by atoms with van der Waals surface area (Å²) in [4.78, 5) is 12.6. The van der Waals surface area contributed by atoms with E-state index in [0.717, 1.165) is 25.7 Å². The number of halogens is 1. The lowest BCUT2D eigenvalue weighted by molar-refractivity contribution is 0.0953. The van der Waals surface area contributed by atoms with Crippen LogP contribution in [0.1, 0.15) is 41.6 Å². The Morgan fingerprint density at radius 3 is 2.47 bits per heavy atom. The van der Waals surface area contributed by atoms with Crippen molar-refractivity contribution >= 4 is 15.9 Å². The Morgan fingerprint density at radius 1 is 1.10 bits per heavy atom. The number of sulfonamides is 1. The van der Waals surface area contributed by atoms with Crippen molar-refractivity contribution in [2.24, 2.45) is 0 Å². The van der Waals surface area contributed by atoms with E-state index in [0.29, 0.717) is 25.1 Å². The number of benzene rings is 2. The number of amides is 1. The Hall–Kier alpha value is -2.45. The molecule has 8 heteroatoms. The average Bonchev–Trinajstić information content (AvgIpc) is 3.05. The number of carbonyl (C=O) groups is 1. The summed E-state index contributed by atoms with van der Waals surface area (Å²) < 4.78 is 46.9. The van der Waals surface area contributed by atoms with Crippen LogP contribution in [0.5, 0.6) is 5.75 Å². The second-order valence-corrected chi connectivity index (χ2v) is 9.19. The molecule has 0 spiro atoms. The van der Waals surface area contributed by atoms with Gasteiger partial charge in [0.2, 0.25) is 10.0 Å². The minimum atomic E-state index is -3.77. The van der Waals surface area contributed by atoms with Crippen molar-refractivity contribution in [1.82, 2.24) is 9.62 Å². The summed E-state index contributed by atoms with van der Waals surface area (Å²) in [6.45, 7) is 1.16. The summed E-state index contributed by atoms with van der Waals surface area (Å²) in [5, 5.41) is 2.73. The van der Waals surface area contributed by atoms with Gasteiger partial charge in [0.15, 0.2) is 0 Å². The first kappa shape index (κ1) is 22.2. The van der Waals surface area contributed by atoms with Crippen molar-refractivity contribution in [3.63, 3.8) is 0 Å². The van der Waals surface area contributed by atoms with Crippen LogP contribution in [-0.4, -0.2) is 45.4 Å². The number of hydrogen-bond acceptors (Lipinski definition) is 4. The van der Waals surface area contributed by atoms with Crippen molar-refractivity contribution < 1.29 is 22.3 Å². The normalized spacial score (nSPS) is 15.4. The van der Waals surface area contributed by atoms with Crippen LogP contribution in [0.25, 0.3) is 0 Å². The lowest BCUT2D eigenvalue weighted by Crippen LogP contribution is -2.32. The van der Waals surface area contributed by atoms with Gasteiger partial charge in [-0.2, -0.15) is 4.31 Å². The van der Waals surface area contributed by atoms with Crippen molar-refractivity contribution in [1.29, 1.82) is 0 Å². The van der Waals surface area contributed by atoms with Crippen molar-refractivity contribution in [3.05, 3.63) is 59.4 Å². The lowest BCUT2D eigenvalue weighted by Gasteiger charge is -2.21. The van der Waals surface area contributed by atoms with E-state index in [1.165, 1.54) is 35.7 Å². The van der Waals surface area contributed by atoms with Crippen LogP contribution >= 0.6 is 0 Å². The largest absolute Gasteiger partial charge is 0.495 e. The van der Waals surface area contributed by atoms with Gasteiger partial charge in [-0.25, -0.2) is 12.8 Å². The molecule has 2 aromatic rings. The maximum Gasteiger partial charge on any atom is 0.251 e. The Kier molecular flexibility index (Phi) is 7.44. The van der Waals surface area contributed by atoms with E-state index in [1.54, 1.807) is 18.2 Å². The Labute approximate surface area is 177 Å². The van der Waals surface area contributed by atoms with Gasteiger partial charge in [-0.15, -0.1) is 0 Å². The van der Waals surface area contributed by atoms with Gasteiger partial charge >= 0.3 is 0 Å². The molecule has 1 saturated heterocycles. The third-order valence-corrected chi connectivity index (χ3v) is 7.17. The van der Waals surface area contributed by atoms with Gasteiger partial charge in [0.05, 0.1) is 7.11 Å². The first-order valence-electron chi connectivity index (χ1n) is 10.1. The third-order valence-electron chi connectivity index (χ3n) is 5.25. The summed E-state index contributed by atoms with van der Waals surface area (Å²) in [5.41, 5.74) is 0.731. The minimum absolute atomic E-state index is 0.00588. The topological polar surface area (TPSA) is 75.7 Å². The van der Waals surface area contributed by atoms with E-state index in [4.69, 9.17) is 4.74 Å². The molecule has 1 heterocycles. The van der Waals surface area contributed by atoms with Crippen LogP contribution in [0.15, 0.2) is 47.4 Å². The van der Waals surface area contributed by atoms with Gasteiger partial charge in [-0.1, -0.05) is 31.0 Å². The zero-order valence-electron chi connectivity index (χ0n) is 17.1. The van der Waals surface area contributed by atoms with Gasteiger partial charge in [-0.3, -0.25) is 4.79 Å². The molecule has 0 bridgehead atoms. The SMILES string of the molecule is COc1ccc(C(=O)NCCc2ccccc2F)cc1S(=O)(=O)N1CCCCCC1. The zero-order chi connectivity index (χ0) is 21.6. The number of rotatable bonds is 7. The fourth-order valence-corrected chi connectivity index (χ4v) is 5.25. The van der Waals surface area contributed by atoms with E-state index < -0.39 is 15.9 Å². The van der Waals surface area contributed by atoms with E-state index in [2.05, 4.69) is 5.32 Å². The second-order valence-electron chi connectivity index (χ2n) is 7.28. The molecule has 0 saturated carbocycles. The maximum absolute atomic E-state index is 13.7. The number of ether oxygens (including phenoxy) is 1. The highest BCUT2D eigenvalue weighted by atomic mass is 32.2. The smallest absolute Gasteiger partial charge is 0.251 e. The van der Waals surface area contributed by atoms with Crippen LogP contribution in [0, 0.1) is 5.82 Å². The van der Waals surface area contributed by atoms with Gasteiger partial charge in [0.1, 0.15) is 16.5 Å². The van der Waals surface area contributed by atoms with Gasteiger partial charge in [0, 0.05) is 25.2 Å². The molecule has 162 valence electrons. The number of nitrogens with zero attached hydrogens (tertiary/aromatic N) is 1. The average molecular weight is 435 g/mol. The Balaban J connectivity index is 1.76. The molecular weight excluding hydrogens is 407 g/mol. The molecule has 0 atom stereocenters. The molecule has 0 radical (unpaired) electrons. The summed E-state index contributed by atoms with van der Waals surface area (Å²) in [7, 11) is -2.37. The van der Waals surface area contributed by atoms with Crippen LogP contribution in [0.2, 0.25) is 0 Å². The fourth-order valence-electron chi connectivity index (χ4n) is 3.55. The number of methoxy groups -OCH3 is 1. The molecule has 1 amide bonds. The maximum atomic E-state index is 13.7. The summed E-state index contributed by atoms with van der Waals surface area (Å²) >= 11 is 0. The number of carbonyl (C=O) groups excluding carboxylic acids is 1. The Bertz CT molecular complexity index is 986. The summed E-state index contributed by atoms with van der Waals surface area (Å²) in [5.74, 6) is -0.523. The quantitative estimate of drug-likeness (QED) is 0.725. The third kappa shape index (κ3) is 5.17. The number of hydrogen-bond donors (Lipinski definition) is 1. The van der Waals surface area contributed by atoms with E-state index in [-0.39, 0.29) is 28.6 Å². The fraction of sp³-hybridized carbons (Fsp3) is 0.409. The molecule has 1 aliphatic heterocycles. The molecular formula is C22H27FN2O4S. The van der Waals surface area contributed by atoms with Crippen LogP contribution in [-0.2, 0) is 16.4 Å². The van der Waals surface area contributed by atoms with Crippen LogP contribution < -0.4 is 10.1 Å². The lowest BCUT2D eigenvalue weighted by atomic mass is 10.1. The molecule has 0 aromatic heterocycles. The first-order chi connectivity index (χ1) is 14.4. The zero-order valence-corrected chi connectivity index (χ0v) is 17.9. The van der Waals surface area contributed by atoms with Crippen LogP contribution in [0.3, 0.4) is 0 Å². The standard InChI is InChI=1S/C22H27FN2O4S/c1-29-20-11-10-18(22(26)24-13-12-17-8-4-5-9-19(17)23)16-21(20)30(27,28)25-14-6-2-3-7-15-25/h4-5,8-11,16H,2-3,6-7,12-15H2,1H3,(H,24,26). The first-order valence-corrected chi connectivity index (χ1v) is 11.6. The molecule has 6 nitrogen and oxygen atoms in total. The highest BCUT2D eigenvalue weighted by Crippen LogP contribution is 2.29. The second kappa shape index (κ2) is 10.0.